The third-order valence-corrected chi connectivity index (χ3v) is 4.01. The van der Waals surface area contributed by atoms with Gasteiger partial charge in [0.15, 0.2) is 0 Å². The zero-order chi connectivity index (χ0) is 12.7. The second-order valence-electron chi connectivity index (χ2n) is 5.80. The van der Waals surface area contributed by atoms with Gasteiger partial charge in [-0.1, -0.05) is 6.92 Å². The van der Waals surface area contributed by atoms with Crippen molar-refractivity contribution in [3.05, 3.63) is 0 Å². The van der Waals surface area contributed by atoms with E-state index in [1.807, 2.05) is 7.11 Å². The molecule has 0 aromatic carbocycles. The fourth-order valence-corrected chi connectivity index (χ4v) is 2.34. The molecule has 0 spiro atoms. The van der Waals surface area contributed by atoms with Gasteiger partial charge in [-0.15, -0.1) is 0 Å². The number of nitrogens with zero attached hydrogens (tertiary/aromatic N) is 1. The molecule has 3 nitrogen and oxygen atoms in total. The van der Waals surface area contributed by atoms with E-state index in [4.69, 9.17) is 4.74 Å². The molecule has 0 saturated carbocycles. The van der Waals surface area contributed by atoms with E-state index in [1.165, 1.54) is 32.5 Å². The highest BCUT2D eigenvalue weighted by Gasteiger charge is 2.20. The number of ether oxygens (including phenoxy) is 1. The van der Waals surface area contributed by atoms with Gasteiger partial charge in [-0.05, 0) is 58.7 Å². The molecule has 1 saturated heterocycles. The van der Waals surface area contributed by atoms with Gasteiger partial charge in [0.05, 0.1) is 5.60 Å². The number of nitrogens with one attached hydrogen (secondary N) is 1. The standard InChI is InChI=1S/C14H30N2O/c1-5-16(11-8-14(2,3)17-4)12-13-6-9-15-10-7-13/h13,15H,5-12H2,1-4H3. The van der Waals surface area contributed by atoms with Gasteiger partial charge in [0.2, 0.25) is 0 Å². The van der Waals surface area contributed by atoms with Crippen LogP contribution in [0, 0.1) is 5.92 Å². The van der Waals surface area contributed by atoms with E-state index in [1.54, 1.807) is 0 Å². The van der Waals surface area contributed by atoms with Crippen molar-refractivity contribution < 1.29 is 4.74 Å². The number of methoxy groups -OCH3 is 1. The van der Waals surface area contributed by atoms with Crippen LogP contribution in [0.2, 0.25) is 0 Å². The maximum absolute atomic E-state index is 5.49. The molecular formula is C14H30N2O. The minimum absolute atomic E-state index is 0.0154. The van der Waals surface area contributed by atoms with Crippen molar-refractivity contribution in [3.8, 4) is 0 Å². The maximum atomic E-state index is 5.49. The van der Waals surface area contributed by atoms with E-state index in [9.17, 15) is 0 Å². The van der Waals surface area contributed by atoms with Crippen molar-refractivity contribution in [2.45, 2.75) is 45.6 Å². The normalized spacial score (nSPS) is 18.9. The molecule has 0 bridgehead atoms. The Morgan fingerprint density at radius 3 is 2.47 bits per heavy atom. The van der Waals surface area contributed by atoms with Gasteiger partial charge in [0, 0.05) is 20.2 Å². The summed E-state index contributed by atoms with van der Waals surface area (Å²) in [6.45, 7) is 12.6. The van der Waals surface area contributed by atoms with E-state index >= 15 is 0 Å². The molecule has 17 heavy (non-hydrogen) atoms. The third kappa shape index (κ3) is 5.84. The summed E-state index contributed by atoms with van der Waals surface area (Å²) in [5.74, 6) is 0.891. The van der Waals surface area contributed by atoms with Crippen molar-refractivity contribution in [2.75, 3.05) is 39.8 Å². The lowest BCUT2D eigenvalue weighted by Crippen LogP contribution is -2.38. The molecule has 0 amide bonds. The van der Waals surface area contributed by atoms with Crippen molar-refractivity contribution >= 4 is 0 Å². The lowest BCUT2D eigenvalue weighted by molar-refractivity contribution is 0.00640. The first kappa shape index (κ1) is 14.9. The molecule has 1 heterocycles. The van der Waals surface area contributed by atoms with Crippen LogP contribution in [0.25, 0.3) is 0 Å². The highest BCUT2D eigenvalue weighted by molar-refractivity contribution is 4.75. The molecule has 102 valence electrons. The average molecular weight is 242 g/mol. The van der Waals surface area contributed by atoms with Crippen LogP contribution in [-0.4, -0.2) is 50.3 Å². The molecule has 1 fully saturated rings. The summed E-state index contributed by atoms with van der Waals surface area (Å²) < 4.78 is 5.49. The Labute approximate surface area is 107 Å². The molecule has 0 unspecified atom stereocenters. The molecule has 0 aliphatic carbocycles. The van der Waals surface area contributed by atoms with Crippen LogP contribution in [0.4, 0.5) is 0 Å². The molecule has 1 N–H and O–H groups in total. The van der Waals surface area contributed by atoms with Gasteiger partial charge in [-0.2, -0.15) is 0 Å². The first-order valence-corrected chi connectivity index (χ1v) is 7.05. The fraction of sp³-hybridized carbons (Fsp3) is 1.00. The van der Waals surface area contributed by atoms with Crippen LogP contribution in [-0.2, 0) is 4.74 Å². The zero-order valence-electron chi connectivity index (χ0n) is 12.1. The van der Waals surface area contributed by atoms with Crippen LogP contribution < -0.4 is 5.32 Å². The smallest absolute Gasteiger partial charge is 0.0634 e. The second-order valence-corrected chi connectivity index (χ2v) is 5.80. The van der Waals surface area contributed by atoms with E-state index in [2.05, 4.69) is 31.0 Å². The summed E-state index contributed by atoms with van der Waals surface area (Å²) in [7, 11) is 1.81. The van der Waals surface area contributed by atoms with Crippen molar-refractivity contribution in [3.63, 3.8) is 0 Å². The van der Waals surface area contributed by atoms with Crippen LogP contribution in [0.3, 0.4) is 0 Å². The Hall–Kier alpha value is -0.120. The lowest BCUT2D eigenvalue weighted by Gasteiger charge is -2.32. The Bertz CT molecular complexity index is 200. The molecule has 1 aliphatic rings. The second kappa shape index (κ2) is 7.34. The molecule has 0 radical (unpaired) electrons. The molecule has 3 heteroatoms. The summed E-state index contributed by atoms with van der Waals surface area (Å²) in [4.78, 5) is 2.58. The Kier molecular flexibility index (Phi) is 6.45. The molecule has 1 rings (SSSR count). The van der Waals surface area contributed by atoms with Gasteiger partial charge >= 0.3 is 0 Å². The van der Waals surface area contributed by atoms with Crippen LogP contribution in [0.15, 0.2) is 0 Å². The highest BCUT2D eigenvalue weighted by Crippen LogP contribution is 2.17. The van der Waals surface area contributed by atoms with Crippen LogP contribution in [0.1, 0.15) is 40.0 Å². The molecule has 0 aromatic rings. The predicted octanol–water partition coefficient (Wildman–Crippen LogP) is 2.12. The fourth-order valence-electron chi connectivity index (χ4n) is 2.34. The summed E-state index contributed by atoms with van der Waals surface area (Å²) in [5.41, 5.74) is 0.0154. The van der Waals surface area contributed by atoms with Crippen molar-refractivity contribution in [2.24, 2.45) is 5.92 Å². The van der Waals surface area contributed by atoms with Gasteiger partial charge in [-0.25, -0.2) is 0 Å². The predicted molar refractivity (Wildman–Crippen MR) is 73.4 cm³/mol. The van der Waals surface area contributed by atoms with E-state index in [-0.39, 0.29) is 5.60 Å². The van der Waals surface area contributed by atoms with Gasteiger partial charge < -0.3 is 15.0 Å². The van der Waals surface area contributed by atoms with Crippen molar-refractivity contribution in [1.82, 2.24) is 10.2 Å². The average Bonchev–Trinajstić information content (AvgIpc) is 2.35. The van der Waals surface area contributed by atoms with E-state index in [0.29, 0.717) is 0 Å². The largest absolute Gasteiger partial charge is 0.379 e. The number of hydrogen-bond acceptors (Lipinski definition) is 3. The van der Waals surface area contributed by atoms with Gasteiger partial charge in [0.1, 0.15) is 0 Å². The monoisotopic (exact) mass is 242 g/mol. The summed E-state index contributed by atoms with van der Waals surface area (Å²) >= 11 is 0. The molecule has 0 atom stereocenters. The minimum atomic E-state index is 0.0154. The summed E-state index contributed by atoms with van der Waals surface area (Å²) in [6, 6.07) is 0. The van der Waals surface area contributed by atoms with Crippen LogP contribution in [0.5, 0.6) is 0 Å². The topological polar surface area (TPSA) is 24.5 Å². The quantitative estimate of drug-likeness (QED) is 0.740. The third-order valence-electron chi connectivity index (χ3n) is 4.01. The summed E-state index contributed by atoms with van der Waals surface area (Å²) in [6.07, 6.45) is 3.79. The number of piperidine rings is 1. The van der Waals surface area contributed by atoms with E-state index < -0.39 is 0 Å². The Morgan fingerprint density at radius 1 is 1.29 bits per heavy atom. The molecular weight excluding hydrogens is 212 g/mol. The van der Waals surface area contributed by atoms with Crippen LogP contribution >= 0.6 is 0 Å². The Balaban J connectivity index is 2.27. The van der Waals surface area contributed by atoms with Crippen molar-refractivity contribution in [1.29, 1.82) is 0 Å². The number of rotatable bonds is 7. The molecule has 0 aromatic heterocycles. The van der Waals surface area contributed by atoms with Gasteiger partial charge in [-0.3, -0.25) is 0 Å². The zero-order valence-corrected chi connectivity index (χ0v) is 12.1. The summed E-state index contributed by atoms with van der Waals surface area (Å²) in [5, 5.41) is 3.43. The highest BCUT2D eigenvalue weighted by atomic mass is 16.5. The first-order valence-electron chi connectivity index (χ1n) is 7.05. The number of hydrogen-bond donors (Lipinski definition) is 1. The Morgan fingerprint density at radius 2 is 1.94 bits per heavy atom. The first-order chi connectivity index (χ1) is 8.07. The lowest BCUT2D eigenvalue weighted by atomic mass is 9.97. The van der Waals surface area contributed by atoms with Gasteiger partial charge in [0.25, 0.3) is 0 Å². The van der Waals surface area contributed by atoms with E-state index in [0.717, 1.165) is 25.4 Å². The SMILES string of the molecule is CCN(CCC(C)(C)OC)CC1CCNCC1. The molecule has 1 aliphatic heterocycles. The minimum Gasteiger partial charge on any atom is -0.379 e. The maximum Gasteiger partial charge on any atom is 0.0634 e.